The third-order valence-corrected chi connectivity index (χ3v) is 9.84. The van der Waals surface area contributed by atoms with E-state index in [0.717, 1.165) is 6.07 Å². The molecule has 186 valence electrons. The molecule has 2 aromatic carbocycles. The summed E-state index contributed by atoms with van der Waals surface area (Å²) in [7, 11) is -4.00. The Balaban J connectivity index is 1.41. The summed E-state index contributed by atoms with van der Waals surface area (Å²) in [6.45, 7) is 0.0899. The first-order valence-corrected chi connectivity index (χ1v) is 12.8. The van der Waals surface area contributed by atoms with Gasteiger partial charge in [0.25, 0.3) is 5.91 Å². The summed E-state index contributed by atoms with van der Waals surface area (Å²) in [6, 6.07) is 4.87. The quantitative estimate of drug-likeness (QED) is 0.448. The lowest BCUT2D eigenvalue weighted by Crippen LogP contribution is -2.47. The number of cyclic esters (lactones) is 1. The molecule has 7 nitrogen and oxygen atoms in total. The zero-order valence-corrected chi connectivity index (χ0v) is 19.6. The lowest BCUT2D eigenvalue weighted by molar-refractivity contribution is 0.00401. The summed E-state index contributed by atoms with van der Waals surface area (Å²) in [4.78, 5) is 23.9. The van der Waals surface area contributed by atoms with Crippen molar-refractivity contribution in [3.8, 4) is 0 Å². The van der Waals surface area contributed by atoms with Crippen LogP contribution < -0.4 is 5.32 Å². The van der Waals surface area contributed by atoms with Crippen LogP contribution in [0.1, 0.15) is 36.0 Å². The van der Waals surface area contributed by atoms with Gasteiger partial charge >= 0.3 is 6.16 Å². The molecule has 4 atom stereocenters. The van der Waals surface area contributed by atoms with E-state index in [1.165, 1.54) is 12.1 Å². The van der Waals surface area contributed by atoms with Crippen LogP contribution in [0.5, 0.6) is 0 Å². The predicted octanol–water partition coefficient (Wildman–Crippen LogP) is 4.88. The molecule has 1 amide bonds. The highest BCUT2D eigenvalue weighted by Crippen LogP contribution is 2.53. The molecule has 2 saturated carbocycles. The minimum Gasteiger partial charge on any atom is -0.430 e. The summed E-state index contributed by atoms with van der Waals surface area (Å²) < 4.78 is 77.9. The predicted molar refractivity (Wildman–Crippen MR) is 117 cm³/mol. The maximum Gasteiger partial charge on any atom is 0.509 e. The number of carbonyl (C=O) groups excluding carboxylic acids is 2. The Morgan fingerprint density at radius 3 is 2.26 bits per heavy atom. The van der Waals surface area contributed by atoms with Crippen molar-refractivity contribution in [2.45, 2.75) is 41.4 Å². The average Bonchev–Trinajstić information content (AvgIpc) is 3.29. The summed E-state index contributed by atoms with van der Waals surface area (Å²) >= 11 is 6.24. The van der Waals surface area contributed by atoms with Gasteiger partial charge in [0.1, 0.15) is 6.61 Å². The largest absolute Gasteiger partial charge is 0.509 e. The molecule has 1 heterocycles. The van der Waals surface area contributed by atoms with Crippen molar-refractivity contribution in [2.24, 2.45) is 11.8 Å². The van der Waals surface area contributed by atoms with Crippen LogP contribution >= 0.6 is 11.6 Å². The van der Waals surface area contributed by atoms with Crippen molar-refractivity contribution in [2.75, 3.05) is 11.9 Å². The van der Waals surface area contributed by atoms with Crippen LogP contribution in [0.3, 0.4) is 0 Å². The molecule has 3 fully saturated rings. The zero-order valence-electron chi connectivity index (χ0n) is 18.0. The Labute approximate surface area is 203 Å². The molecule has 1 spiro atoms. The standard InChI is InChI=1S/C23H19ClF3NO6S/c24-15-4-3-11(21(29)28-14-6-16(25)19(27)17(26)7-14)5-18(15)35(31,32)20-12-1-2-13(20)9-23(8-12)10-33-22(30)34-23/h3-7,12-13,20H,1-2,8-10H2,(H,28,29)/t12-,13?,20+,23+/m0/s1. The molecule has 2 aromatic rings. The first kappa shape index (κ1) is 23.9. The van der Waals surface area contributed by atoms with E-state index in [-0.39, 0.29) is 39.6 Å². The fraction of sp³-hybridized carbons (Fsp3) is 0.391. The number of halogens is 4. The van der Waals surface area contributed by atoms with Gasteiger partial charge in [-0.25, -0.2) is 26.4 Å². The number of sulfone groups is 1. The number of hydrogen-bond donors (Lipinski definition) is 1. The summed E-state index contributed by atoms with van der Waals surface area (Å²) in [5, 5.41) is 1.38. The van der Waals surface area contributed by atoms with Gasteiger partial charge in [-0.2, -0.15) is 0 Å². The number of fused-ring (bicyclic) bond motifs is 2. The van der Waals surface area contributed by atoms with Crippen molar-refractivity contribution in [1.29, 1.82) is 0 Å². The van der Waals surface area contributed by atoms with Crippen LogP contribution in [0.4, 0.5) is 23.7 Å². The first-order chi connectivity index (χ1) is 16.5. The van der Waals surface area contributed by atoms with E-state index >= 15 is 0 Å². The van der Waals surface area contributed by atoms with Crippen LogP contribution in [0.2, 0.25) is 5.02 Å². The molecule has 5 rings (SSSR count). The Hall–Kier alpha value is -2.79. The lowest BCUT2D eigenvalue weighted by atomic mass is 9.77. The van der Waals surface area contributed by atoms with Gasteiger partial charge in [0.2, 0.25) is 0 Å². The minimum atomic E-state index is -4.00. The third-order valence-electron chi connectivity index (χ3n) is 6.96. The molecule has 0 radical (unpaired) electrons. The molecule has 1 unspecified atom stereocenters. The van der Waals surface area contributed by atoms with Crippen LogP contribution in [-0.4, -0.2) is 37.9 Å². The highest BCUT2D eigenvalue weighted by Gasteiger charge is 2.58. The molecule has 12 heteroatoms. The molecular weight excluding hydrogens is 511 g/mol. The number of benzene rings is 2. The molecule has 2 aliphatic carbocycles. The average molecular weight is 530 g/mol. The van der Waals surface area contributed by atoms with Gasteiger partial charge in [-0.1, -0.05) is 11.6 Å². The highest BCUT2D eigenvalue weighted by atomic mass is 35.5. The molecule has 35 heavy (non-hydrogen) atoms. The monoisotopic (exact) mass is 529 g/mol. The Morgan fingerprint density at radius 2 is 1.69 bits per heavy atom. The van der Waals surface area contributed by atoms with E-state index in [9.17, 15) is 31.2 Å². The van der Waals surface area contributed by atoms with Gasteiger partial charge in [0.15, 0.2) is 32.9 Å². The normalized spacial score (nSPS) is 27.5. The summed E-state index contributed by atoms with van der Waals surface area (Å²) in [6.07, 6.45) is 1.20. The molecule has 1 saturated heterocycles. The zero-order chi connectivity index (χ0) is 25.1. The molecule has 1 aliphatic heterocycles. The Bertz CT molecular complexity index is 1310. The number of rotatable bonds is 4. The van der Waals surface area contributed by atoms with Crippen LogP contribution in [0, 0.1) is 29.3 Å². The van der Waals surface area contributed by atoms with Gasteiger partial charge in [-0.05, 0) is 55.7 Å². The fourth-order valence-corrected chi connectivity index (χ4v) is 8.43. The van der Waals surface area contributed by atoms with E-state index in [4.69, 9.17) is 21.1 Å². The molecule has 3 aliphatic rings. The SMILES string of the molecule is O=C1OC[C@@]2(CC3CC[C@@H](C2)[C@H]3S(=O)(=O)c2cc(C(=O)Nc3cc(F)c(F)c(F)c3)ccc2Cl)O1. The van der Waals surface area contributed by atoms with E-state index in [0.29, 0.717) is 37.8 Å². The van der Waals surface area contributed by atoms with Gasteiger partial charge < -0.3 is 14.8 Å². The Morgan fingerprint density at radius 1 is 1.06 bits per heavy atom. The smallest absolute Gasteiger partial charge is 0.430 e. The van der Waals surface area contributed by atoms with Crippen LogP contribution in [-0.2, 0) is 19.3 Å². The van der Waals surface area contributed by atoms with Gasteiger partial charge in [0.05, 0.1) is 15.2 Å². The molecular formula is C23H19ClF3NO6S. The summed E-state index contributed by atoms with van der Waals surface area (Å²) in [5.74, 6) is -6.07. The molecule has 2 bridgehead atoms. The van der Waals surface area contributed by atoms with E-state index in [1.807, 2.05) is 0 Å². The maximum absolute atomic E-state index is 13.7. The molecule has 1 N–H and O–H groups in total. The van der Waals surface area contributed by atoms with Crippen molar-refractivity contribution < 1.29 is 40.7 Å². The van der Waals surface area contributed by atoms with E-state index < -0.39 is 50.2 Å². The minimum absolute atomic E-state index is 0.0734. The van der Waals surface area contributed by atoms with Crippen molar-refractivity contribution >= 4 is 39.2 Å². The summed E-state index contributed by atoms with van der Waals surface area (Å²) in [5.41, 5.74) is -1.27. The second-order valence-electron chi connectivity index (χ2n) is 9.19. The topological polar surface area (TPSA) is 98.8 Å². The lowest BCUT2D eigenvalue weighted by Gasteiger charge is -2.39. The number of amides is 1. The maximum atomic E-state index is 13.7. The van der Waals surface area contributed by atoms with Crippen molar-refractivity contribution in [3.05, 3.63) is 58.4 Å². The molecule has 0 aromatic heterocycles. The fourth-order valence-electron chi connectivity index (χ4n) is 5.59. The van der Waals surface area contributed by atoms with Crippen LogP contribution in [0.15, 0.2) is 35.2 Å². The van der Waals surface area contributed by atoms with Gasteiger partial charge in [-0.3, -0.25) is 4.79 Å². The second kappa shape index (κ2) is 8.41. The number of anilines is 1. The van der Waals surface area contributed by atoms with Gasteiger partial charge in [0, 0.05) is 23.4 Å². The second-order valence-corrected chi connectivity index (χ2v) is 11.7. The van der Waals surface area contributed by atoms with Gasteiger partial charge in [-0.15, -0.1) is 0 Å². The Kier molecular flexibility index (Phi) is 5.75. The number of ether oxygens (including phenoxy) is 2. The van der Waals surface area contributed by atoms with E-state index in [2.05, 4.69) is 5.32 Å². The first-order valence-electron chi connectivity index (χ1n) is 10.8. The highest BCUT2D eigenvalue weighted by molar-refractivity contribution is 7.92. The van der Waals surface area contributed by atoms with Crippen molar-refractivity contribution in [1.82, 2.24) is 0 Å². The number of nitrogens with one attached hydrogen (secondary N) is 1. The van der Waals surface area contributed by atoms with Crippen LogP contribution in [0.25, 0.3) is 0 Å². The third kappa shape index (κ3) is 4.14. The number of hydrogen-bond acceptors (Lipinski definition) is 6. The number of carbonyl (C=O) groups is 2. The van der Waals surface area contributed by atoms with Crippen molar-refractivity contribution in [3.63, 3.8) is 0 Å². The van der Waals surface area contributed by atoms with E-state index in [1.54, 1.807) is 0 Å².